The van der Waals surface area contributed by atoms with Gasteiger partial charge in [0.2, 0.25) is 5.91 Å². The molecule has 0 aliphatic heterocycles. The summed E-state index contributed by atoms with van der Waals surface area (Å²) in [5, 5.41) is 16.8. The predicted octanol–water partition coefficient (Wildman–Crippen LogP) is 1.19. The van der Waals surface area contributed by atoms with Crippen LogP contribution in [0.4, 0.5) is 0 Å². The number of benzene rings is 1. The maximum atomic E-state index is 11.0. The average Bonchev–Trinajstić information content (AvgIpc) is 2.82. The van der Waals surface area contributed by atoms with Gasteiger partial charge in [0.15, 0.2) is 5.69 Å². The highest BCUT2D eigenvalue weighted by molar-refractivity contribution is 5.92. The Morgan fingerprint density at radius 3 is 2.63 bits per heavy atom. The Kier molecular flexibility index (Phi) is 3.57. The molecule has 6 nitrogen and oxygen atoms in total. The van der Waals surface area contributed by atoms with Gasteiger partial charge < -0.3 is 5.73 Å². The normalized spacial score (nSPS) is 10.1. The van der Waals surface area contributed by atoms with Crippen molar-refractivity contribution < 1.29 is 4.79 Å². The first-order chi connectivity index (χ1) is 9.17. The lowest BCUT2D eigenvalue weighted by atomic mass is 10.1. The van der Waals surface area contributed by atoms with Crippen molar-refractivity contribution in [3.63, 3.8) is 0 Å². The fourth-order valence-corrected chi connectivity index (χ4v) is 1.82. The summed E-state index contributed by atoms with van der Waals surface area (Å²) in [6.45, 7) is 2.02. The molecule has 0 saturated carbocycles. The van der Waals surface area contributed by atoms with E-state index in [-0.39, 0.29) is 0 Å². The number of hydrogen-bond donors (Lipinski definition) is 1. The van der Waals surface area contributed by atoms with E-state index in [1.165, 1.54) is 0 Å². The molecule has 0 bridgehead atoms. The summed E-state index contributed by atoms with van der Waals surface area (Å²) in [4.78, 5) is 11.0. The summed E-state index contributed by atoms with van der Waals surface area (Å²) in [6.07, 6.45) is 1.61. The van der Waals surface area contributed by atoms with Gasteiger partial charge in [-0.2, -0.15) is 5.26 Å². The zero-order chi connectivity index (χ0) is 13.8. The summed E-state index contributed by atoms with van der Waals surface area (Å²) in [5.74, 6) is -0.475. The van der Waals surface area contributed by atoms with E-state index in [1.807, 2.05) is 13.0 Å². The van der Waals surface area contributed by atoms with Crippen molar-refractivity contribution in [2.75, 3.05) is 0 Å². The van der Waals surface area contributed by atoms with Crippen LogP contribution in [-0.2, 0) is 6.42 Å². The first-order valence-electron chi connectivity index (χ1n) is 5.92. The van der Waals surface area contributed by atoms with Gasteiger partial charge in [0.1, 0.15) is 6.07 Å². The van der Waals surface area contributed by atoms with E-state index in [0.717, 1.165) is 17.8 Å². The third kappa shape index (κ3) is 2.45. The number of hydrogen-bond acceptors (Lipinski definition) is 4. The number of rotatable bonds is 4. The fraction of sp³-hybridized carbons (Fsp3) is 0.231. The van der Waals surface area contributed by atoms with E-state index < -0.39 is 5.91 Å². The molecule has 0 spiro atoms. The lowest BCUT2D eigenvalue weighted by molar-refractivity contribution is 0.100. The van der Waals surface area contributed by atoms with Gasteiger partial charge in [-0.15, -0.1) is 5.10 Å². The smallest absolute Gasteiger partial charge is 0.248 e. The maximum absolute atomic E-state index is 11.0. The molecule has 2 rings (SSSR count). The average molecular weight is 255 g/mol. The van der Waals surface area contributed by atoms with Crippen LogP contribution in [0.25, 0.3) is 5.69 Å². The second kappa shape index (κ2) is 5.31. The summed E-state index contributed by atoms with van der Waals surface area (Å²) < 4.78 is 1.62. The van der Waals surface area contributed by atoms with Gasteiger partial charge >= 0.3 is 0 Å². The van der Waals surface area contributed by atoms with Crippen molar-refractivity contribution in [3.05, 3.63) is 41.2 Å². The molecule has 0 saturated heterocycles. The number of carbonyl (C=O) groups excluding carboxylic acids is 1. The van der Waals surface area contributed by atoms with Crippen LogP contribution in [0.5, 0.6) is 0 Å². The van der Waals surface area contributed by atoms with Crippen LogP contribution in [0.3, 0.4) is 0 Å². The molecule has 0 atom stereocenters. The first kappa shape index (κ1) is 12.8. The Labute approximate surface area is 110 Å². The van der Waals surface area contributed by atoms with E-state index in [2.05, 4.69) is 10.3 Å². The molecule has 2 N–H and O–H groups in total. The monoisotopic (exact) mass is 255 g/mol. The topological polar surface area (TPSA) is 97.6 Å². The molecule has 0 aliphatic rings. The molecule has 0 aliphatic carbocycles. The van der Waals surface area contributed by atoms with E-state index in [4.69, 9.17) is 11.0 Å². The van der Waals surface area contributed by atoms with Crippen LogP contribution < -0.4 is 5.73 Å². The van der Waals surface area contributed by atoms with Crippen molar-refractivity contribution in [1.82, 2.24) is 15.0 Å². The summed E-state index contributed by atoms with van der Waals surface area (Å²) >= 11 is 0. The third-order valence-electron chi connectivity index (χ3n) is 2.75. The van der Waals surface area contributed by atoms with E-state index in [0.29, 0.717) is 17.7 Å². The molecule has 96 valence electrons. The standard InChI is InChI=1S/C13H13N5O/c1-2-3-12-11(8-14)16-17-18(12)10-6-4-9(5-7-10)13(15)19/h4-7H,2-3H2,1H3,(H2,15,19). The van der Waals surface area contributed by atoms with Crippen LogP contribution in [0.1, 0.15) is 35.1 Å². The number of nitriles is 1. The minimum absolute atomic E-state index is 0.334. The number of amides is 1. The zero-order valence-electron chi connectivity index (χ0n) is 10.5. The van der Waals surface area contributed by atoms with Crippen molar-refractivity contribution in [2.24, 2.45) is 5.73 Å². The summed E-state index contributed by atoms with van der Waals surface area (Å²) in [5.41, 5.74) is 7.48. The Hall–Kier alpha value is -2.68. The number of carbonyl (C=O) groups is 1. The minimum atomic E-state index is -0.475. The van der Waals surface area contributed by atoms with Gasteiger partial charge in [0.25, 0.3) is 0 Å². The molecule has 2 aromatic rings. The van der Waals surface area contributed by atoms with Crippen LogP contribution in [0, 0.1) is 11.3 Å². The lowest BCUT2D eigenvalue weighted by Crippen LogP contribution is -2.11. The van der Waals surface area contributed by atoms with Gasteiger partial charge in [0, 0.05) is 5.56 Å². The van der Waals surface area contributed by atoms with Crippen LogP contribution in [0.2, 0.25) is 0 Å². The molecule has 0 unspecified atom stereocenters. The Morgan fingerprint density at radius 2 is 2.11 bits per heavy atom. The number of nitrogens with two attached hydrogens (primary N) is 1. The van der Waals surface area contributed by atoms with Crippen LogP contribution in [-0.4, -0.2) is 20.9 Å². The highest BCUT2D eigenvalue weighted by Gasteiger charge is 2.13. The lowest BCUT2D eigenvalue weighted by Gasteiger charge is -2.05. The van der Waals surface area contributed by atoms with E-state index in [1.54, 1.807) is 28.9 Å². The molecule has 1 heterocycles. The largest absolute Gasteiger partial charge is 0.366 e. The molecule has 6 heteroatoms. The first-order valence-corrected chi connectivity index (χ1v) is 5.92. The minimum Gasteiger partial charge on any atom is -0.366 e. The molecule has 1 amide bonds. The van der Waals surface area contributed by atoms with Gasteiger partial charge in [0.05, 0.1) is 11.4 Å². The fourth-order valence-electron chi connectivity index (χ4n) is 1.82. The highest BCUT2D eigenvalue weighted by Crippen LogP contribution is 2.15. The molecular formula is C13H13N5O. The van der Waals surface area contributed by atoms with Gasteiger partial charge in [-0.05, 0) is 30.7 Å². The molecule has 0 radical (unpaired) electrons. The second-order valence-corrected chi connectivity index (χ2v) is 4.07. The van der Waals surface area contributed by atoms with Gasteiger partial charge in [-0.25, -0.2) is 4.68 Å². The van der Waals surface area contributed by atoms with E-state index >= 15 is 0 Å². The molecule has 19 heavy (non-hydrogen) atoms. The van der Waals surface area contributed by atoms with Crippen molar-refractivity contribution >= 4 is 5.91 Å². The Balaban J connectivity index is 2.44. The second-order valence-electron chi connectivity index (χ2n) is 4.07. The van der Waals surface area contributed by atoms with E-state index in [9.17, 15) is 4.79 Å². The summed E-state index contributed by atoms with van der Waals surface area (Å²) in [6, 6.07) is 8.75. The van der Waals surface area contributed by atoms with Crippen LogP contribution in [0.15, 0.2) is 24.3 Å². The van der Waals surface area contributed by atoms with Crippen molar-refractivity contribution in [3.8, 4) is 11.8 Å². The Bertz CT molecular complexity index is 636. The van der Waals surface area contributed by atoms with Crippen molar-refractivity contribution in [2.45, 2.75) is 19.8 Å². The zero-order valence-corrected chi connectivity index (χ0v) is 10.5. The molecule has 1 aromatic heterocycles. The predicted molar refractivity (Wildman–Crippen MR) is 68.6 cm³/mol. The Morgan fingerprint density at radius 1 is 1.42 bits per heavy atom. The highest BCUT2D eigenvalue weighted by atomic mass is 16.1. The maximum Gasteiger partial charge on any atom is 0.248 e. The SMILES string of the molecule is CCCc1c(C#N)nnn1-c1ccc(C(N)=O)cc1. The molecular weight excluding hydrogens is 242 g/mol. The molecule has 1 aromatic carbocycles. The number of nitrogens with zero attached hydrogens (tertiary/aromatic N) is 4. The van der Waals surface area contributed by atoms with Gasteiger partial charge in [-0.3, -0.25) is 4.79 Å². The third-order valence-corrected chi connectivity index (χ3v) is 2.75. The molecule has 0 fully saturated rings. The van der Waals surface area contributed by atoms with Crippen molar-refractivity contribution in [1.29, 1.82) is 5.26 Å². The van der Waals surface area contributed by atoms with Crippen LogP contribution >= 0.6 is 0 Å². The quantitative estimate of drug-likeness (QED) is 0.887. The summed E-state index contributed by atoms with van der Waals surface area (Å²) in [7, 11) is 0. The number of primary amides is 1. The van der Waals surface area contributed by atoms with Gasteiger partial charge in [-0.1, -0.05) is 18.6 Å². The number of aromatic nitrogens is 3.